The number of aromatic nitrogens is 3. The molecule has 0 fully saturated rings. The number of para-hydroxylation sites is 1. The van der Waals surface area contributed by atoms with E-state index in [1.807, 2.05) is 6.07 Å². The number of amides is 1. The molecule has 0 aliphatic carbocycles. The van der Waals surface area contributed by atoms with Gasteiger partial charge in [-0.25, -0.2) is 9.37 Å². The summed E-state index contributed by atoms with van der Waals surface area (Å²) in [5.41, 5.74) is 4.27. The number of hydrogen-bond donors (Lipinski definition) is 1. The van der Waals surface area contributed by atoms with Gasteiger partial charge in [0.2, 0.25) is 0 Å². The van der Waals surface area contributed by atoms with Crippen LogP contribution in [-0.2, 0) is 12.8 Å². The fourth-order valence-corrected chi connectivity index (χ4v) is 4.38. The molecular weight excluding hydrogens is 355 g/mol. The summed E-state index contributed by atoms with van der Waals surface area (Å²) in [6.07, 6.45) is 4.08. The molecule has 3 aromatic rings. The van der Waals surface area contributed by atoms with Crippen molar-refractivity contribution in [2.45, 2.75) is 25.0 Å². The molecule has 4 heterocycles. The number of nitrogens with one attached hydrogen (secondary N) is 1. The Kier molecular flexibility index (Phi) is 3.53. The molecule has 8 heteroatoms. The first-order valence-electron chi connectivity index (χ1n) is 8.38. The zero-order valence-corrected chi connectivity index (χ0v) is 14.5. The average molecular weight is 370 g/mol. The van der Waals surface area contributed by atoms with Gasteiger partial charge in [-0.2, -0.15) is 0 Å². The summed E-state index contributed by atoms with van der Waals surface area (Å²) in [4.78, 5) is 27.0. The minimum Gasteiger partial charge on any atom is -0.484 e. The van der Waals surface area contributed by atoms with Crippen LogP contribution in [0, 0.1) is 5.82 Å². The van der Waals surface area contributed by atoms with Crippen LogP contribution >= 0.6 is 11.3 Å². The molecule has 0 spiro atoms. The van der Waals surface area contributed by atoms with Crippen LogP contribution in [0.1, 0.15) is 32.7 Å². The molecule has 5 rings (SSSR count). The number of ether oxygens (including phenoxy) is 1. The van der Waals surface area contributed by atoms with E-state index in [1.54, 1.807) is 29.0 Å². The SMILES string of the molecule is O=C(c1cncs1)N1CCc2[nH]cnc2[C@@H]1C1Cc2cccc(F)c2O1. The Morgan fingerprint density at radius 2 is 2.35 bits per heavy atom. The van der Waals surface area contributed by atoms with Crippen LogP contribution in [0.2, 0.25) is 0 Å². The number of thiazole rings is 1. The summed E-state index contributed by atoms with van der Waals surface area (Å²) in [6, 6.07) is 4.57. The molecule has 0 bridgehead atoms. The lowest BCUT2D eigenvalue weighted by atomic mass is 9.94. The third kappa shape index (κ3) is 2.33. The highest BCUT2D eigenvalue weighted by atomic mass is 32.1. The Hall–Kier alpha value is -2.74. The van der Waals surface area contributed by atoms with Crippen molar-refractivity contribution in [3.05, 3.63) is 63.9 Å². The molecule has 0 saturated heterocycles. The van der Waals surface area contributed by atoms with E-state index in [0.29, 0.717) is 24.3 Å². The van der Waals surface area contributed by atoms with Gasteiger partial charge in [0.25, 0.3) is 5.91 Å². The van der Waals surface area contributed by atoms with E-state index in [1.165, 1.54) is 17.4 Å². The number of nitrogens with zero attached hydrogens (tertiary/aromatic N) is 3. The highest BCUT2D eigenvalue weighted by Gasteiger charge is 2.43. The van der Waals surface area contributed by atoms with Gasteiger partial charge in [0.1, 0.15) is 17.0 Å². The van der Waals surface area contributed by atoms with Gasteiger partial charge in [0, 0.05) is 30.6 Å². The number of benzene rings is 1. The molecule has 1 aromatic carbocycles. The average Bonchev–Trinajstić information content (AvgIpc) is 3.39. The van der Waals surface area contributed by atoms with Gasteiger partial charge in [-0.15, -0.1) is 11.3 Å². The Labute approximate surface area is 152 Å². The zero-order chi connectivity index (χ0) is 17.7. The van der Waals surface area contributed by atoms with Gasteiger partial charge >= 0.3 is 0 Å². The third-order valence-corrected chi connectivity index (χ3v) is 5.73. The predicted molar refractivity (Wildman–Crippen MR) is 92.7 cm³/mol. The Bertz CT molecular complexity index is 971. The minimum absolute atomic E-state index is 0.0915. The lowest BCUT2D eigenvalue weighted by Crippen LogP contribution is -2.46. The quantitative estimate of drug-likeness (QED) is 0.753. The van der Waals surface area contributed by atoms with Crippen molar-refractivity contribution in [1.82, 2.24) is 19.9 Å². The molecule has 1 unspecified atom stereocenters. The molecule has 2 aromatic heterocycles. The van der Waals surface area contributed by atoms with Gasteiger partial charge in [0.05, 0.1) is 23.7 Å². The first-order valence-corrected chi connectivity index (χ1v) is 9.26. The van der Waals surface area contributed by atoms with Crippen LogP contribution in [0.15, 0.2) is 36.2 Å². The van der Waals surface area contributed by atoms with Crippen molar-refractivity contribution in [2.75, 3.05) is 6.54 Å². The van der Waals surface area contributed by atoms with Crippen molar-refractivity contribution in [3.8, 4) is 5.75 Å². The fraction of sp³-hybridized carbons (Fsp3) is 0.278. The highest BCUT2D eigenvalue weighted by molar-refractivity contribution is 7.11. The molecule has 6 nitrogen and oxygen atoms in total. The first-order chi connectivity index (χ1) is 12.7. The van der Waals surface area contributed by atoms with Crippen molar-refractivity contribution in [3.63, 3.8) is 0 Å². The number of carbonyl (C=O) groups is 1. The zero-order valence-electron chi connectivity index (χ0n) is 13.7. The third-order valence-electron chi connectivity index (χ3n) is 4.97. The molecule has 1 amide bonds. The maximum absolute atomic E-state index is 14.1. The van der Waals surface area contributed by atoms with Crippen molar-refractivity contribution < 1.29 is 13.9 Å². The van der Waals surface area contributed by atoms with Crippen molar-refractivity contribution in [2.24, 2.45) is 0 Å². The summed E-state index contributed by atoms with van der Waals surface area (Å²) >= 11 is 1.31. The van der Waals surface area contributed by atoms with Crippen LogP contribution in [0.4, 0.5) is 4.39 Å². The summed E-state index contributed by atoms with van der Waals surface area (Å²) < 4.78 is 20.1. The van der Waals surface area contributed by atoms with Gasteiger partial charge in [-0.05, 0) is 6.07 Å². The van der Waals surface area contributed by atoms with E-state index in [2.05, 4.69) is 15.0 Å². The number of halogens is 1. The number of imidazole rings is 1. The van der Waals surface area contributed by atoms with E-state index in [-0.39, 0.29) is 29.6 Å². The second kappa shape index (κ2) is 5.91. The molecule has 2 aliphatic heterocycles. The normalized spacial score (nSPS) is 21.2. The molecular formula is C18H15FN4O2S. The molecule has 1 N–H and O–H groups in total. The molecule has 132 valence electrons. The number of H-pyrrole nitrogens is 1. The number of aromatic amines is 1. The first kappa shape index (κ1) is 15.5. The molecule has 0 saturated carbocycles. The van der Waals surface area contributed by atoms with Crippen LogP contribution in [-0.4, -0.2) is 38.4 Å². The maximum atomic E-state index is 14.1. The topological polar surface area (TPSA) is 71.1 Å². The van der Waals surface area contributed by atoms with Crippen molar-refractivity contribution in [1.29, 1.82) is 0 Å². The van der Waals surface area contributed by atoms with E-state index in [0.717, 1.165) is 17.0 Å². The molecule has 2 aliphatic rings. The summed E-state index contributed by atoms with van der Waals surface area (Å²) in [5, 5.41) is 0. The largest absolute Gasteiger partial charge is 0.484 e. The summed E-state index contributed by atoms with van der Waals surface area (Å²) in [7, 11) is 0. The van der Waals surface area contributed by atoms with E-state index >= 15 is 0 Å². The maximum Gasteiger partial charge on any atom is 0.266 e. The van der Waals surface area contributed by atoms with Crippen LogP contribution < -0.4 is 4.74 Å². The Morgan fingerprint density at radius 3 is 3.15 bits per heavy atom. The molecule has 26 heavy (non-hydrogen) atoms. The second-order valence-corrected chi connectivity index (χ2v) is 7.30. The van der Waals surface area contributed by atoms with Gasteiger partial charge in [-0.3, -0.25) is 9.78 Å². The monoisotopic (exact) mass is 370 g/mol. The second-order valence-electron chi connectivity index (χ2n) is 6.41. The Balaban J connectivity index is 1.53. The summed E-state index contributed by atoms with van der Waals surface area (Å²) in [6.45, 7) is 0.551. The van der Waals surface area contributed by atoms with Gasteiger partial charge in [0.15, 0.2) is 11.6 Å². The lowest BCUT2D eigenvalue weighted by molar-refractivity contribution is 0.0434. The number of rotatable bonds is 2. The fourth-order valence-electron chi connectivity index (χ4n) is 3.81. The van der Waals surface area contributed by atoms with Gasteiger partial charge in [-0.1, -0.05) is 12.1 Å². The van der Waals surface area contributed by atoms with Crippen LogP contribution in [0.3, 0.4) is 0 Å². The van der Waals surface area contributed by atoms with E-state index in [9.17, 15) is 9.18 Å². The minimum atomic E-state index is -0.374. The van der Waals surface area contributed by atoms with Crippen molar-refractivity contribution >= 4 is 17.2 Å². The summed E-state index contributed by atoms with van der Waals surface area (Å²) in [5.74, 6) is -0.181. The smallest absolute Gasteiger partial charge is 0.266 e. The number of carbonyl (C=O) groups excluding carboxylic acids is 1. The molecule has 0 radical (unpaired) electrons. The van der Waals surface area contributed by atoms with Gasteiger partial charge < -0.3 is 14.6 Å². The molecule has 2 atom stereocenters. The van der Waals surface area contributed by atoms with Crippen LogP contribution in [0.25, 0.3) is 0 Å². The highest BCUT2D eigenvalue weighted by Crippen LogP contribution is 2.41. The van der Waals surface area contributed by atoms with E-state index in [4.69, 9.17) is 4.74 Å². The van der Waals surface area contributed by atoms with Crippen LogP contribution in [0.5, 0.6) is 5.75 Å². The standard InChI is InChI=1S/C18H15FN4O2S/c19-11-3-1-2-10-6-13(25-17(10)11)16-15-12(21-8-22-15)4-5-23(16)18(24)14-7-20-9-26-14/h1-3,7-9,13,16H,4-6H2,(H,21,22)/t13?,16-/m0/s1. The lowest BCUT2D eigenvalue weighted by Gasteiger charge is -2.37. The number of hydrogen-bond acceptors (Lipinski definition) is 5. The number of fused-ring (bicyclic) bond motifs is 2. The van der Waals surface area contributed by atoms with E-state index < -0.39 is 0 Å². The predicted octanol–water partition coefficient (Wildman–Crippen LogP) is 2.75. The Morgan fingerprint density at radius 1 is 1.42 bits per heavy atom.